The van der Waals surface area contributed by atoms with E-state index in [1.54, 1.807) is 6.92 Å². The molecule has 1 aliphatic rings. The van der Waals surface area contributed by atoms with Gasteiger partial charge < -0.3 is 17.4 Å². The molecule has 2 aromatic carbocycles. The molecule has 3 aromatic rings. The average molecular weight is 634 g/mol. The molecule has 0 radical (unpaired) electrons. The molecule has 0 fully saturated rings. The standard InChI is InChI=1S/C22H20N8O3S3.ClH.Ni/c1-14-20(21(23)30(27-14)16-6-4-3-5-7-16)22(34)35-29-24-15-8-10-17(11-9-15)36(31,32)28-18-12-13-19(33-2)26-25-18;;/h3-13,23,34H,1-2H3,(H,25,28);1H;/q;;+1/p-2/b22-20-,23-21?,29-24?;;. The number of ether oxygens (including phenoxy) is 1. The maximum atomic E-state index is 12.6. The summed E-state index contributed by atoms with van der Waals surface area (Å²) in [6.45, 7) is 1.78. The van der Waals surface area contributed by atoms with Crippen molar-refractivity contribution in [3.05, 3.63) is 76.5 Å². The molecule has 2 heterocycles. The molecule has 0 saturated heterocycles. The quantitative estimate of drug-likeness (QED) is 0.146. The van der Waals surface area contributed by atoms with E-state index in [0.717, 1.165) is 17.6 Å². The summed E-state index contributed by atoms with van der Waals surface area (Å²) in [6, 6.07) is 18.1. The molecule has 0 amide bonds. The number of hydrogen-bond donors (Lipinski definition) is 2. The molecule has 38 heavy (non-hydrogen) atoms. The number of hydrogen-bond acceptors (Lipinski definition) is 11. The van der Waals surface area contributed by atoms with Gasteiger partial charge in [-0.05, 0) is 49.4 Å². The molecule has 4 rings (SSSR count). The molecule has 0 spiro atoms. The third-order valence-electron chi connectivity index (χ3n) is 4.78. The average Bonchev–Trinajstić information content (AvgIpc) is 3.24. The number of hydrazone groups is 1. The molecule has 2 N–H and O–H groups in total. The summed E-state index contributed by atoms with van der Waals surface area (Å²) in [6.07, 6.45) is 0. The number of nitrogens with one attached hydrogen (secondary N) is 2. The van der Waals surface area contributed by atoms with E-state index in [2.05, 4.69) is 54.4 Å². The number of para-hydroxylation sites is 1. The normalized spacial score (nSPS) is 14.6. The second-order valence-electron chi connectivity index (χ2n) is 7.18. The van der Waals surface area contributed by atoms with Gasteiger partial charge in [0, 0.05) is 23.6 Å². The van der Waals surface area contributed by atoms with Gasteiger partial charge in [-0.2, -0.15) is 5.10 Å². The first-order chi connectivity index (χ1) is 18.3. The monoisotopic (exact) mass is 632 g/mol. The Hall–Kier alpha value is -3.10. The number of benzene rings is 2. The third kappa shape index (κ3) is 7.26. The Morgan fingerprint density at radius 2 is 1.79 bits per heavy atom. The van der Waals surface area contributed by atoms with Crippen LogP contribution in [0.2, 0.25) is 0 Å². The Bertz CT molecular complexity index is 1470. The first-order valence-corrected chi connectivity index (χ1v) is 14.4. The minimum atomic E-state index is -3.87. The van der Waals surface area contributed by atoms with Gasteiger partial charge in [-0.1, -0.05) is 18.2 Å². The van der Waals surface area contributed by atoms with Crippen LogP contribution in [0.5, 0.6) is 5.88 Å². The molecule has 1 aromatic heterocycles. The van der Waals surface area contributed by atoms with E-state index in [-0.39, 0.29) is 22.4 Å². The van der Waals surface area contributed by atoms with E-state index in [1.165, 1.54) is 48.5 Å². The van der Waals surface area contributed by atoms with E-state index in [1.807, 2.05) is 30.3 Å². The van der Waals surface area contributed by atoms with Crippen molar-refractivity contribution in [1.29, 1.82) is 5.41 Å². The van der Waals surface area contributed by atoms with Crippen LogP contribution in [0.4, 0.5) is 17.2 Å². The van der Waals surface area contributed by atoms with E-state index < -0.39 is 10.0 Å². The van der Waals surface area contributed by atoms with Crippen molar-refractivity contribution < 1.29 is 27.7 Å². The van der Waals surface area contributed by atoms with Gasteiger partial charge >= 0.3 is 24.8 Å². The number of anilines is 2. The predicted octanol–water partition coefficient (Wildman–Crippen LogP) is 5.34. The Morgan fingerprint density at radius 3 is 2.39 bits per heavy atom. The number of nitrogens with zero attached hydrogens (tertiary/aromatic N) is 6. The SMILES string of the molecule is COc1ccc(NS(=O)(=O)c2ccc(N=NS/C([S-])=C3\C(=N)N(c4ccccc4)N=C3C)cc2)nn1.[Cl][Ni]. The molecular formula is C22H19ClN8NiO3S3-. The zero-order chi connectivity index (χ0) is 27.7. The summed E-state index contributed by atoms with van der Waals surface area (Å²) in [7, 11) is 1.83. The van der Waals surface area contributed by atoms with Crippen molar-refractivity contribution in [1.82, 2.24) is 10.2 Å². The number of halogens is 1. The van der Waals surface area contributed by atoms with Crippen molar-refractivity contribution in [2.45, 2.75) is 11.8 Å². The minimum absolute atomic E-state index is 0.0186. The van der Waals surface area contributed by atoms with Crippen LogP contribution in [0, 0.1) is 5.41 Å². The maximum absolute atomic E-state index is 12.6. The topological polar surface area (TPSA) is 145 Å². The van der Waals surface area contributed by atoms with Gasteiger partial charge in [-0.15, -0.1) is 24.1 Å². The summed E-state index contributed by atoms with van der Waals surface area (Å²) in [5, 5.41) is 26.0. The number of amidine groups is 1. The van der Waals surface area contributed by atoms with Crippen LogP contribution in [0.1, 0.15) is 6.92 Å². The summed E-state index contributed by atoms with van der Waals surface area (Å²) >= 11 is 9.73. The summed E-state index contributed by atoms with van der Waals surface area (Å²) in [4.78, 5) is 0.0186. The van der Waals surface area contributed by atoms with Crippen molar-refractivity contribution in [2.24, 2.45) is 14.7 Å². The van der Waals surface area contributed by atoms with Gasteiger partial charge in [0.1, 0.15) is 0 Å². The predicted molar refractivity (Wildman–Crippen MR) is 148 cm³/mol. The Kier molecular flexibility index (Phi) is 10.6. The van der Waals surface area contributed by atoms with Crippen molar-refractivity contribution >= 4 is 73.5 Å². The fourth-order valence-corrected chi connectivity index (χ4v) is 4.94. The second kappa shape index (κ2) is 13.6. The Balaban J connectivity index is 0.00000195. The van der Waals surface area contributed by atoms with Crippen LogP contribution < -0.4 is 14.5 Å². The molecule has 0 saturated carbocycles. The van der Waals surface area contributed by atoms with Crippen LogP contribution in [0.3, 0.4) is 0 Å². The number of aromatic nitrogens is 2. The van der Waals surface area contributed by atoms with E-state index in [0.29, 0.717) is 21.2 Å². The van der Waals surface area contributed by atoms with Crippen LogP contribution in [0.25, 0.3) is 0 Å². The fourth-order valence-electron chi connectivity index (χ4n) is 3.05. The number of rotatable bonds is 8. The second-order valence-corrected chi connectivity index (χ2v) is 10.3. The van der Waals surface area contributed by atoms with Gasteiger partial charge in [0.05, 0.1) is 29.1 Å². The van der Waals surface area contributed by atoms with E-state index in [4.69, 9.17) is 22.8 Å². The van der Waals surface area contributed by atoms with Gasteiger partial charge in [0.25, 0.3) is 10.0 Å². The van der Waals surface area contributed by atoms with Crippen molar-refractivity contribution in [3.8, 4) is 5.88 Å². The number of sulfonamides is 1. The van der Waals surface area contributed by atoms with Crippen LogP contribution in [-0.4, -0.2) is 37.3 Å². The van der Waals surface area contributed by atoms with Crippen molar-refractivity contribution in [2.75, 3.05) is 16.8 Å². The molecule has 201 valence electrons. The number of methoxy groups -OCH3 is 1. The molecular weight excluding hydrogens is 615 g/mol. The molecule has 0 aliphatic carbocycles. The molecule has 16 heteroatoms. The zero-order valence-electron chi connectivity index (χ0n) is 19.7. The van der Waals surface area contributed by atoms with E-state index >= 15 is 0 Å². The molecule has 1 aliphatic heterocycles. The molecule has 11 nitrogen and oxygen atoms in total. The summed E-state index contributed by atoms with van der Waals surface area (Å²) < 4.78 is 36.8. The summed E-state index contributed by atoms with van der Waals surface area (Å²) in [5.41, 5.74) is 2.30. The van der Waals surface area contributed by atoms with Gasteiger partial charge in [-0.25, -0.2) is 13.4 Å². The van der Waals surface area contributed by atoms with Gasteiger partial charge in [0.15, 0.2) is 11.7 Å². The van der Waals surface area contributed by atoms with Crippen LogP contribution >= 0.6 is 22.1 Å². The van der Waals surface area contributed by atoms with Gasteiger partial charge in [0.2, 0.25) is 5.88 Å². The van der Waals surface area contributed by atoms with Crippen LogP contribution in [-0.2, 0) is 37.2 Å². The first-order valence-electron chi connectivity index (χ1n) is 10.4. The summed E-state index contributed by atoms with van der Waals surface area (Å²) in [5.74, 6) is 0.489. The molecule has 0 bridgehead atoms. The van der Waals surface area contributed by atoms with E-state index in [9.17, 15) is 8.42 Å². The fraction of sp³-hybridized carbons (Fsp3) is 0.0909. The van der Waals surface area contributed by atoms with Gasteiger partial charge in [-0.3, -0.25) is 10.1 Å². The first kappa shape index (κ1) is 29.5. The molecule has 0 atom stereocenters. The third-order valence-corrected chi connectivity index (χ3v) is 7.11. The Morgan fingerprint density at radius 1 is 1.11 bits per heavy atom. The molecule has 0 unspecified atom stereocenters. The Labute approximate surface area is 241 Å². The van der Waals surface area contributed by atoms with Crippen LogP contribution in [0.15, 0.2) is 96.2 Å². The van der Waals surface area contributed by atoms with Crippen molar-refractivity contribution in [3.63, 3.8) is 0 Å². The zero-order valence-corrected chi connectivity index (χ0v) is 23.9.